The summed E-state index contributed by atoms with van der Waals surface area (Å²) >= 11 is 0. The van der Waals surface area contributed by atoms with Crippen LogP contribution in [0.15, 0.2) is 200 Å². The number of benzene rings is 8. The van der Waals surface area contributed by atoms with Gasteiger partial charge in [-0.2, -0.15) is 0 Å². The van der Waals surface area contributed by atoms with Crippen molar-refractivity contribution in [3.63, 3.8) is 0 Å². The first-order valence-electron chi connectivity index (χ1n) is 18.2. The Labute approximate surface area is 306 Å². The van der Waals surface area contributed by atoms with Crippen LogP contribution in [0.2, 0.25) is 0 Å². The number of rotatable bonds is 5. The van der Waals surface area contributed by atoms with E-state index in [1.165, 1.54) is 76.8 Å². The van der Waals surface area contributed by atoms with Crippen molar-refractivity contribution in [3.05, 3.63) is 200 Å². The predicted octanol–water partition coefficient (Wildman–Crippen LogP) is 13.2. The van der Waals surface area contributed by atoms with Gasteiger partial charge in [-0.1, -0.05) is 121 Å². The van der Waals surface area contributed by atoms with Crippen LogP contribution in [0.1, 0.15) is 0 Å². The minimum atomic E-state index is 1.12. The SMILES string of the molecule is c1ccc(-c2ccc3c(c2)c2cc(-c4ccccc4)ccc2n3-c2ccc(-n3ccc4ccc5c6ccccc6n(-c6ccccc6)c5c43)cc2)cc1. The van der Waals surface area contributed by atoms with Crippen molar-refractivity contribution >= 4 is 54.5 Å². The van der Waals surface area contributed by atoms with E-state index in [9.17, 15) is 0 Å². The molecule has 0 bridgehead atoms. The Bertz CT molecular complexity index is 3030. The standard InChI is InChI=1S/C50H33N3/c1-4-12-34(13-5-1)37-21-28-47-44(32-37)45-33-38(35-14-6-2-7-15-35)22-29-48(45)52(47)41-25-23-39(24-26-41)51-31-30-36-20-27-43-42-18-10-11-19-46(42)53(50(43)49(36)51)40-16-8-3-9-17-40/h1-33H. The second kappa shape index (κ2) is 11.7. The summed E-state index contributed by atoms with van der Waals surface area (Å²) in [7, 11) is 0. The molecule has 0 spiro atoms. The Balaban J connectivity index is 1.10. The molecule has 0 radical (unpaired) electrons. The van der Waals surface area contributed by atoms with E-state index >= 15 is 0 Å². The highest BCUT2D eigenvalue weighted by Crippen LogP contribution is 2.40. The van der Waals surface area contributed by atoms with E-state index in [-0.39, 0.29) is 0 Å². The molecule has 0 unspecified atom stereocenters. The van der Waals surface area contributed by atoms with Gasteiger partial charge in [0.25, 0.3) is 0 Å². The molecule has 11 rings (SSSR count). The zero-order valence-electron chi connectivity index (χ0n) is 28.9. The van der Waals surface area contributed by atoms with Gasteiger partial charge in [-0.15, -0.1) is 0 Å². The third kappa shape index (κ3) is 4.61. The first-order valence-corrected chi connectivity index (χ1v) is 18.2. The minimum Gasteiger partial charge on any atom is -0.315 e. The van der Waals surface area contributed by atoms with Crippen molar-refractivity contribution in [2.24, 2.45) is 0 Å². The number of hydrogen-bond donors (Lipinski definition) is 0. The van der Waals surface area contributed by atoms with E-state index in [2.05, 4.69) is 214 Å². The summed E-state index contributed by atoms with van der Waals surface area (Å²) in [6, 6.07) is 70.4. The minimum absolute atomic E-state index is 1.12. The molecule has 0 fully saturated rings. The summed E-state index contributed by atoms with van der Waals surface area (Å²) in [5.74, 6) is 0. The number of hydrogen-bond acceptors (Lipinski definition) is 0. The number of fused-ring (bicyclic) bond motifs is 8. The third-order valence-electron chi connectivity index (χ3n) is 10.9. The van der Waals surface area contributed by atoms with Gasteiger partial charge in [0, 0.05) is 50.2 Å². The average Bonchev–Trinajstić information content (AvgIpc) is 3.92. The van der Waals surface area contributed by atoms with Gasteiger partial charge in [-0.3, -0.25) is 0 Å². The maximum atomic E-state index is 2.42. The van der Waals surface area contributed by atoms with Gasteiger partial charge in [-0.25, -0.2) is 0 Å². The second-order valence-corrected chi connectivity index (χ2v) is 13.8. The molecule has 0 amide bonds. The van der Waals surface area contributed by atoms with Crippen molar-refractivity contribution < 1.29 is 0 Å². The van der Waals surface area contributed by atoms with Gasteiger partial charge in [0.2, 0.25) is 0 Å². The molecule has 3 heterocycles. The molecule has 248 valence electrons. The van der Waals surface area contributed by atoms with Crippen LogP contribution in [-0.4, -0.2) is 13.7 Å². The lowest BCUT2D eigenvalue weighted by Gasteiger charge is -2.13. The lowest BCUT2D eigenvalue weighted by atomic mass is 10.0. The highest BCUT2D eigenvalue weighted by molar-refractivity contribution is 6.18. The van der Waals surface area contributed by atoms with Gasteiger partial charge < -0.3 is 13.7 Å². The lowest BCUT2D eigenvalue weighted by Crippen LogP contribution is -1.99. The van der Waals surface area contributed by atoms with Crippen molar-refractivity contribution in [2.75, 3.05) is 0 Å². The van der Waals surface area contributed by atoms with Crippen LogP contribution in [0.5, 0.6) is 0 Å². The summed E-state index contributed by atoms with van der Waals surface area (Å²) in [6.07, 6.45) is 2.21. The lowest BCUT2D eigenvalue weighted by molar-refractivity contribution is 1.10. The van der Waals surface area contributed by atoms with Crippen molar-refractivity contribution in [3.8, 4) is 39.3 Å². The Hall–Kier alpha value is -7.10. The molecule has 0 saturated carbocycles. The zero-order valence-corrected chi connectivity index (χ0v) is 28.9. The van der Waals surface area contributed by atoms with Crippen molar-refractivity contribution in [2.45, 2.75) is 0 Å². The van der Waals surface area contributed by atoms with E-state index < -0.39 is 0 Å². The van der Waals surface area contributed by atoms with E-state index in [0.717, 1.165) is 17.1 Å². The largest absolute Gasteiger partial charge is 0.315 e. The fraction of sp³-hybridized carbons (Fsp3) is 0. The van der Waals surface area contributed by atoms with Gasteiger partial charge in [0.1, 0.15) is 0 Å². The summed E-state index contributed by atoms with van der Waals surface area (Å²) in [6.45, 7) is 0. The zero-order chi connectivity index (χ0) is 34.9. The molecule has 0 aliphatic rings. The summed E-state index contributed by atoms with van der Waals surface area (Å²) in [5.41, 5.74) is 14.3. The van der Waals surface area contributed by atoms with Gasteiger partial charge >= 0.3 is 0 Å². The van der Waals surface area contributed by atoms with E-state index in [1.807, 2.05) is 0 Å². The number of aromatic nitrogens is 3. The molecular formula is C50H33N3. The first kappa shape index (κ1) is 29.6. The van der Waals surface area contributed by atoms with Crippen LogP contribution in [0.3, 0.4) is 0 Å². The molecular weight excluding hydrogens is 643 g/mol. The van der Waals surface area contributed by atoms with E-state index in [4.69, 9.17) is 0 Å². The van der Waals surface area contributed by atoms with Gasteiger partial charge in [0.15, 0.2) is 0 Å². The predicted molar refractivity (Wildman–Crippen MR) is 223 cm³/mol. The first-order chi connectivity index (χ1) is 26.3. The molecule has 3 nitrogen and oxygen atoms in total. The third-order valence-corrected chi connectivity index (χ3v) is 10.9. The highest BCUT2D eigenvalue weighted by Gasteiger charge is 2.19. The van der Waals surface area contributed by atoms with Crippen molar-refractivity contribution in [1.29, 1.82) is 0 Å². The Morgan fingerprint density at radius 3 is 1.45 bits per heavy atom. The molecule has 3 aromatic heterocycles. The normalized spacial score (nSPS) is 11.8. The maximum absolute atomic E-state index is 2.42. The fourth-order valence-corrected chi connectivity index (χ4v) is 8.42. The smallest absolute Gasteiger partial charge is 0.0788 e. The molecule has 0 aliphatic carbocycles. The quantitative estimate of drug-likeness (QED) is 0.172. The monoisotopic (exact) mass is 675 g/mol. The van der Waals surface area contributed by atoms with Crippen LogP contribution in [0, 0.1) is 0 Å². The van der Waals surface area contributed by atoms with Crippen LogP contribution >= 0.6 is 0 Å². The van der Waals surface area contributed by atoms with Crippen LogP contribution < -0.4 is 0 Å². The van der Waals surface area contributed by atoms with E-state index in [0.29, 0.717) is 0 Å². The number of para-hydroxylation sites is 2. The Morgan fingerprint density at radius 1 is 0.283 bits per heavy atom. The molecule has 3 heteroatoms. The van der Waals surface area contributed by atoms with Gasteiger partial charge in [0.05, 0.1) is 27.6 Å². The molecule has 53 heavy (non-hydrogen) atoms. The molecule has 0 N–H and O–H groups in total. The molecule has 0 saturated heterocycles. The highest BCUT2D eigenvalue weighted by atomic mass is 15.0. The maximum Gasteiger partial charge on any atom is 0.0788 e. The Morgan fingerprint density at radius 2 is 0.811 bits per heavy atom. The molecule has 0 atom stereocenters. The topological polar surface area (TPSA) is 14.8 Å². The fourth-order valence-electron chi connectivity index (χ4n) is 8.42. The average molecular weight is 676 g/mol. The van der Waals surface area contributed by atoms with Crippen molar-refractivity contribution in [1.82, 2.24) is 13.7 Å². The van der Waals surface area contributed by atoms with Crippen LogP contribution in [-0.2, 0) is 0 Å². The summed E-state index contributed by atoms with van der Waals surface area (Å²) in [4.78, 5) is 0. The summed E-state index contributed by atoms with van der Waals surface area (Å²) < 4.78 is 7.19. The number of nitrogens with zero attached hydrogens (tertiary/aromatic N) is 3. The second-order valence-electron chi connectivity index (χ2n) is 13.8. The summed E-state index contributed by atoms with van der Waals surface area (Å²) in [5, 5.41) is 6.22. The van der Waals surface area contributed by atoms with Gasteiger partial charge in [-0.05, 0) is 95.1 Å². The molecule has 8 aromatic carbocycles. The van der Waals surface area contributed by atoms with Crippen LogP contribution in [0.25, 0.3) is 93.8 Å². The van der Waals surface area contributed by atoms with E-state index in [1.54, 1.807) is 0 Å². The Kier molecular flexibility index (Phi) is 6.55. The molecule has 11 aromatic rings. The van der Waals surface area contributed by atoms with Crippen LogP contribution in [0.4, 0.5) is 0 Å². The molecule has 0 aliphatic heterocycles.